The van der Waals surface area contributed by atoms with Gasteiger partial charge in [-0.15, -0.1) is 0 Å². The molecule has 2 aromatic carbocycles. The summed E-state index contributed by atoms with van der Waals surface area (Å²) in [5, 5.41) is 2.92. The summed E-state index contributed by atoms with van der Waals surface area (Å²) in [7, 11) is 0. The number of amides is 2. The summed E-state index contributed by atoms with van der Waals surface area (Å²) >= 11 is 0. The Hall–Kier alpha value is -3.87. The molecule has 2 N–H and O–H groups in total. The maximum absolute atomic E-state index is 12.6. The Morgan fingerprint density at radius 2 is 1.97 bits per heavy atom. The molecule has 30 heavy (non-hydrogen) atoms. The van der Waals surface area contributed by atoms with Crippen LogP contribution in [0.1, 0.15) is 12.2 Å². The minimum atomic E-state index is -0.373. The second kappa shape index (κ2) is 7.51. The van der Waals surface area contributed by atoms with Gasteiger partial charge in [0.05, 0.1) is 29.8 Å². The zero-order valence-corrected chi connectivity index (χ0v) is 16.2. The number of benzene rings is 2. The quantitative estimate of drug-likeness (QED) is 0.533. The number of carbonyl (C=O) groups is 2. The average molecular weight is 400 g/mol. The number of anilines is 1. The van der Waals surface area contributed by atoms with Crippen LogP contribution in [0.2, 0.25) is 0 Å². The molecule has 5 rings (SSSR count). The van der Waals surface area contributed by atoms with E-state index in [2.05, 4.69) is 15.3 Å². The molecule has 7 heteroatoms. The Labute approximate surface area is 172 Å². The van der Waals surface area contributed by atoms with Gasteiger partial charge in [-0.3, -0.25) is 9.59 Å². The lowest BCUT2D eigenvalue weighted by Crippen LogP contribution is -2.27. The summed E-state index contributed by atoms with van der Waals surface area (Å²) in [5.41, 5.74) is 3.52. The maximum atomic E-state index is 12.6. The second-order valence-electron chi connectivity index (χ2n) is 7.42. The number of carbonyl (C=O) groups excluding carboxylic acids is 2. The number of para-hydroxylation sites is 2. The van der Waals surface area contributed by atoms with Crippen molar-refractivity contribution in [3.63, 3.8) is 0 Å². The average Bonchev–Trinajstić information content (AvgIpc) is 3.49. The normalized spacial score (nSPS) is 16.3. The van der Waals surface area contributed by atoms with Crippen LogP contribution in [0.3, 0.4) is 0 Å². The van der Waals surface area contributed by atoms with Gasteiger partial charge in [0.1, 0.15) is 11.6 Å². The summed E-state index contributed by atoms with van der Waals surface area (Å²) in [6.45, 7) is 0.782. The van der Waals surface area contributed by atoms with Crippen LogP contribution in [-0.4, -0.2) is 33.2 Å². The van der Waals surface area contributed by atoms with E-state index in [0.29, 0.717) is 24.5 Å². The fourth-order valence-corrected chi connectivity index (χ4v) is 3.74. The number of nitrogens with one attached hydrogen (secondary N) is 2. The Balaban J connectivity index is 1.23. The Kier molecular flexibility index (Phi) is 4.55. The first-order chi connectivity index (χ1) is 14.7. The lowest BCUT2D eigenvalue weighted by Gasteiger charge is -2.15. The number of H-pyrrole nitrogens is 1. The number of likely N-dealkylation sites (tertiary alicyclic amines) is 1. The number of aromatic nitrogens is 2. The molecule has 7 nitrogen and oxygen atoms in total. The van der Waals surface area contributed by atoms with E-state index in [1.54, 1.807) is 17.2 Å². The fraction of sp³-hybridized carbons (Fsp3) is 0.174. The van der Waals surface area contributed by atoms with Crippen molar-refractivity contribution < 1.29 is 14.0 Å². The monoisotopic (exact) mass is 400 g/mol. The Morgan fingerprint density at radius 1 is 1.13 bits per heavy atom. The van der Waals surface area contributed by atoms with Gasteiger partial charge in [0.25, 0.3) is 0 Å². The van der Waals surface area contributed by atoms with Crippen LogP contribution in [0.4, 0.5) is 5.69 Å². The first-order valence-corrected chi connectivity index (χ1v) is 9.82. The molecule has 150 valence electrons. The smallest absolute Gasteiger partial charge is 0.229 e. The molecule has 2 aromatic heterocycles. The van der Waals surface area contributed by atoms with E-state index in [4.69, 9.17) is 4.42 Å². The summed E-state index contributed by atoms with van der Waals surface area (Å²) in [6.07, 6.45) is 1.79. The lowest BCUT2D eigenvalue weighted by atomic mass is 10.1. The van der Waals surface area contributed by atoms with Crippen LogP contribution >= 0.6 is 0 Å². The van der Waals surface area contributed by atoms with E-state index in [-0.39, 0.29) is 24.2 Å². The molecular formula is C23H20N4O3. The number of nitrogens with zero attached hydrogens (tertiary/aromatic N) is 2. The third kappa shape index (κ3) is 3.57. The minimum absolute atomic E-state index is 0.0354. The van der Waals surface area contributed by atoms with Crippen LogP contribution in [0.25, 0.3) is 22.4 Å². The SMILES string of the molecule is O=C(Nc1ccc(-c2nc3ccccc3[nH]2)cc1)C1CC(=O)N(Cc2ccco2)C1. The molecule has 1 fully saturated rings. The van der Waals surface area contributed by atoms with Gasteiger partial charge >= 0.3 is 0 Å². The van der Waals surface area contributed by atoms with Crippen molar-refractivity contribution in [3.8, 4) is 11.4 Å². The molecule has 1 unspecified atom stereocenters. The highest BCUT2D eigenvalue weighted by Crippen LogP contribution is 2.24. The molecule has 4 aromatic rings. The molecule has 1 aliphatic heterocycles. The van der Waals surface area contributed by atoms with Crippen molar-refractivity contribution in [2.45, 2.75) is 13.0 Å². The number of fused-ring (bicyclic) bond motifs is 1. The molecular weight excluding hydrogens is 380 g/mol. The van der Waals surface area contributed by atoms with Crippen LogP contribution in [0.15, 0.2) is 71.3 Å². The van der Waals surface area contributed by atoms with Gasteiger partial charge in [-0.05, 0) is 48.5 Å². The van der Waals surface area contributed by atoms with Gasteiger partial charge in [0, 0.05) is 24.2 Å². The van der Waals surface area contributed by atoms with E-state index in [9.17, 15) is 9.59 Å². The molecule has 0 bridgehead atoms. The highest BCUT2D eigenvalue weighted by atomic mass is 16.3. The third-order valence-corrected chi connectivity index (χ3v) is 5.33. The van der Waals surface area contributed by atoms with Crippen molar-refractivity contribution in [1.29, 1.82) is 0 Å². The molecule has 0 saturated carbocycles. The number of hydrogen-bond acceptors (Lipinski definition) is 4. The summed E-state index contributed by atoms with van der Waals surface area (Å²) in [4.78, 5) is 34.4. The predicted molar refractivity (Wildman–Crippen MR) is 112 cm³/mol. The zero-order valence-electron chi connectivity index (χ0n) is 16.2. The molecule has 0 spiro atoms. The van der Waals surface area contributed by atoms with E-state index in [1.165, 1.54) is 0 Å². The molecule has 2 amide bonds. The first kappa shape index (κ1) is 18.2. The van der Waals surface area contributed by atoms with Crippen LogP contribution < -0.4 is 5.32 Å². The minimum Gasteiger partial charge on any atom is -0.467 e. The van der Waals surface area contributed by atoms with Crippen molar-refractivity contribution in [2.75, 3.05) is 11.9 Å². The van der Waals surface area contributed by atoms with Gasteiger partial charge in [0.15, 0.2) is 0 Å². The maximum Gasteiger partial charge on any atom is 0.229 e. The van der Waals surface area contributed by atoms with E-state index in [1.807, 2.05) is 54.6 Å². The van der Waals surface area contributed by atoms with E-state index >= 15 is 0 Å². The molecule has 0 radical (unpaired) electrons. The van der Waals surface area contributed by atoms with Crippen molar-refractivity contribution in [2.24, 2.45) is 5.92 Å². The number of furan rings is 1. The summed E-state index contributed by atoms with van der Waals surface area (Å²) in [6, 6.07) is 19.0. The molecule has 0 aliphatic carbocycles. The van der Waals surface area contributed by atoms with Crippen molar-refractivity contribution in [1.82, 2.24) is 14.9 Å². The van der Waals surface area contributed by atoms with Crippen LogP contribution in [0, 0.1) is 5.92 Å². The van der Waals surface area contributed by atoms with Crippen molar-refractivity contribution in [3.05, 3.63) is 72.7 Å². The molecule has 1 atom stereocenters. The van der Waals surface area contributed by atoms with Gasteiger partial charge in [-0.2, -0.15) is 0 Å². The van der Waals surface area contributed by atoms with Gasteiger partial charge in [0.2, 0.25) is 11.8 Å². The Bertz CT molecular complexity index is 1160. The molecule has 1 aliphatic rings. The highest BCUT2D eigenvalue weighted by molar-refractivity contribution is 5.97. The summed E-state index contributed by atoms with van der Waals surface area (Å²) < 4.78 is 5.30. The van der Waals surface area contributed by atoms with Gasteiger partial charge in [-0.1, -0.05) is 12.1 Å². The van der Waals surface area contributed by atoms with E-state index < -0.39 is 0 Å². The fourth-order valence-electron chi connectivity index (χ4n) is 3.74. The number of hydrogen-bond donors (Lipinski definition) is 2. The first-order valence-electron chi connectivity index (χ1n) is 9.82. The number of rotatable bonds is 5. The second-order valence-corrected chi connectivity index (χ2v) is 7.42. The summed E-state index contributed by atoms with van der Waals surface area (Å²) in [5.74, 6) is 0.936. The third-order valence-electron chi connectivity index (χ3n) is 5.33. The Morgan fingerprint density at radius 3 is 2.73 bits per heavy atom. The standard InChI is InChI=1S/C23H20N4O3/c28-21-12-16(13-27(21)14-18-4-3-11-30-18)23(29)24-17-9-7-15(8-10-17)22-25-19-5-1-2-6-20(19)26-22/h1-11,16H,12-14H2,(H,24,29)(H,25,26). The molecule has 1 saturated heterocycles. The van der Waals surface area contributed by atoms with Crippen LogP contribution in [-0.2, 0) is 16.1 Å². The zero-order chi connectivity index (χ0) is 20.5. The number of imidazole rings is 1. The highest BCUT2D eigenvalue weighted by Gasteiger charge is 2.34. The predicted octanol–water partition coefficient (Wildman–Crippen LogP) is 3.81. The lowest BCUT2D eigenvalue weighted by molar-refractivity contribution is -0.128. The van der Waals surface area contributed by atoms with Crippen molar-refractivity contribution >= 4 is 28.5 Å². The largest absolute Gasteiger partial charge is 0.467 e. The van der Waals surface area contributed by atoms with Crippen LogP contribution in [0.5, 0.6) is 0 Å². The van der Waals surface area contributed by atoms with Gasteiger partial charge < -0.3 is 19.6 Å². The topological polar surface area (TPSA) is 91.2 Å². The van der Waals surface area contributed by atoms with Gasteiger partial charge in [-0.25, -0.2) is 4.98 Å². The molecule has 3 heterocycles. The van der Waals surface area contributed by atoms with E-state index in [0.717, 1.165) is 22.4 Å². The number of aromatic amines is 1.